The highest BCUT2D eigenvalue weighted by molar-refractivity contribution is 6.35. The molecule has 2 rings (SSSR count). The van der Waals surface area contributed by atoms with E-state index in [4.69, 9.17) is 37.4 Å². The van der Waals surface area contributed by atoms with Gasteiger partial charge in [-0.05, 0) is 18.2 Å². The van der Waals surface area contributed by atoms with Gasteiger partial charge in [0.05, 0.1) is 37.7 Å². The van der Waals surface area contributed by atoms with Gasteiger partial charge in [-0.2, -0.15) is 0 Å². The average molecular weight is 371 g/mol. The van der Waals surface area contributed by atoms with Gasteiger partial charge < -0.3 is 24.8 Å². The fraction of sp³-hybridized carbons (Fsp3) is 0.188. The van der Waals surface area contributed by atoms with Gasteiger partial charge in [0.15, 0.2) is 11.5 Å². The van der Waals surface area contributed by atoms with Gasteiger partial charge in [-0.15, -0.1) is 0 Å². The number of ether oxygens (including phenoxy) is 3. The minimum absolute atomic E-state index is 0.374. The van der Waals surface area contributed by atoms with Crippen LogP contribution in [0.4, 0.5) is 16.2 Å². The Morgan fingerprint density at radius 2 is 1.54 bits per heavy atom. The Kier molecular flexibility index (Phi) is 6.00. The van der Waals surface area contributed by atoms with Crippen LogP contribution in [-0.2, 0) is 0 Å². The summed E-state index contributed by atoms with van der Waals surface area (Å²) in [4.78, 5) is 12.2. The van der Waals surface area contributed by atoms with Crippen LogP contribution in [-0.4, -0.2) is 27.4 Å². The lowest BCUT2D eigenvalue weighted by Crippen LogP contribution is -2.19. The summed E-state index contributed by atoms with van der Waals surface area (Å²) in [6, 6.07) is 7.51. The third kappa shape index (κ3) is 4.15. The third-order valence-corrected chi connectivity index (χ3v) is 3.66. The maximum atomic E-state index is 12.2. The first-order valence-electron chi connectivity index (χ1n) is 6.81. The minimum Gasteiger partial charge on any atom is -0.493 e. The lowest BCUT2D eigenvalue weighted by molar-refractivity contribution is 0.262. The van der Waals surface area contributed by atoms with Crippen molar-refractivity contribution in [3.63, 3.8) is 0 Å². The number of rotatable bonds is 5. The van der Waals surface area contributed by atoms with Gasteiger partial charge in [-0.1, -0.05) is 23.2 Å². The lowest BCUT2D eigenvalue weighted by Gasteiger charge is -2.15. The molecule has 8 heteroatoms. The molecule has 2 aromatic rings. The van der Waals surface area contributed by atoms with E-state index < -0.39 is 6.03 Å². The molecular weight excluding hydrogens is 355 g/mol. The van der Waals surface area contributed by atoms with Crippen molar-refractivity contribution in [2.45, 2.75) is 0 Å². The van der Waals surface area contributed by atoms with Gasteiger partial charge in [-0.3, -0.25) is 0 Å². The Morgan fingerprint density at radius 3 is 2.08 bits per heavy atom. The highest BCUT2D eigenvalue weighted by Crippen LogP contribution is 2.40. The molecule has 2 aromatic carbocycles. The smallest absolute Gasteiger partial charge is 0.323 e. The monoisotopic (exact) mass is 370 g/mol. The molecule has 0 fully saturated rings. The molecule has 6 nitrogen and oxygen atoms in total. The summed E-state index contributed by atoms with van der Waals surface area (Å²) >= 11 is 11.9. The van der Waals surface area contributed by atoms with Crippen molar-refractivity contribution in [1.82, 2.24) is 0 Å². The molecule has 128 valence electrons. The van der Waals surface area contributed by atoms with Crippen LogP contribution in [0, 0.1) is 0 Å². The summed E-state index contributed by atoms with van der Waals surface area (Å²) in [5.41, 5.74) is 0.856. The van der Waals surface area contributed by atoms with Gasteiger partial charge in [0.2, 0.25) is 5.75 Å². The fourth-order valence-corrected chi connectivity index (χ4v) is 2.37. The summed E-state index contributed by atoms with van der Waals surface area (Å²) in [7, 11) is 4.49. The Bertz CT molecular complexity index is 728. The molecule has 0 aliphatic rings. The topological polar surface area (TPSA) is 68.8 Å². The van der Waals surface area contributed by atoms with Crippen molar-refractivity contribution in [2.24, 2.45) is 0 Å². The van der Waals surface area contributed by atoms with Crippen molar-refractivity contribution in [2.75, 3.05) is 32.0 Å². The molecule has 0 aliphatic carbocycles. The first-order chi connectivity index (χ1) is 11.5. The zero-order chi connectivity index (χ0) is 17.7. The van der Waals surface area contributed by atoms with Crippen LogP contribution in [0.2, 0.25) is 10.0 Å². The lowest BCUT2D eigenvalue weighted by atomic mass is 10.2. The number of carbonyl (C=O) groups is 1. The van der Waals surface area contributed by atoms with E-state index in [0.29, 0.717) is 38.7 Å². The van der Waals surface area contributed by atoms with Crippen LogP contribution >= 0.6 is 23.2 Å². The highest BCUT2D eigenvalue weighted by Gasteiger charge is 2.15. The zero-order valence-corrected chi connectivity index (χ0v) is 14.8. The number of carbonyl (C=O) groups excluding carboxylic acids is 1. The molecule has 0 radical (unpaired) electrons. The number of hydrogen-bond acceptors (Lipinski definition) is 4. The molecular formula is C16H16Cl2N2O4. The molecule has 2 N–H and O–H groups in total. The Labute approximate surface area is 149 Å². The van der Waals surface area contributed by atoms with Crippen molar-refractivity contribution in [3.05, 3.63) is 40.4 Å². The first-order valence-corrected chi connectivity index (χ1v) is 7.57. The molecule has 0 bridgehead atoms. The summed E-state index contributed by atoms with van der Waals surface area (Å²) < 4.78 is 15.7. The summed E-state index contributed by atoms with van der Waals surface area (Å²) in [6.45, 7) is 0. The van der Waals surface area contributed by atoms with E-state index in [1.54, 1.807) is 30.3 Å². The van der Waals surface area contributed by atoms with Gasteiger partial charge >= 0.3 is 6.03 Å². The quantitative estimate of drug-likeness (QED) is 0.802. The standard InChI is InChI=1S/C16H16Cl2N2O4/c1-22-13-7-10(8-14(23-2)15(13)24-3)19-16(21)20-12-6-9(17)4-5-11(12)18/h4-8H,1-3H3,(H2,19,20,21). The predicted octanol–water partition coefficient (Wildman–Crippen LogP) is 4.66. The van der Waals surface area contributed by atoms with Crippen LogP contribution in [0.3, 0.4) is 0 Å². The second kappa shape index (κ2) is 7.99. The molecule has 0 atom stereocenters. The molecule has 0 unspecified atom stereocenters. The van der Waals surface area contributed by atoms with E-state index in [2.05, 4.69) is 10.6 Å². The van der Waals surface area contributed by atoms with E-state index >= 15 is 0 Å². The largest absolute Gasteiger partial charge is 0.493 e. The number of benzene rings is 2. The van der Waals surface area contributed by atoms with Gasteiger partial charge in [0, 0.05) is 17.2 Å². The van der Waals surface area contributed by atoms with Crippen LogP contribution in [0.5, 0.6) is 17.2 Å². The van der Waals surface area contributed by atoms with E-state index in [1.807, 2.05) is 0 Å². The van der Waals surface area contributed by atoms with Gasteiger partial charge in [0.1, 0.15) is 0 Å². The van der Waals surface area contributed by atoms with Crippen LogP contribution < -0.4 is 24.8 Å². The second-order valence-corrected chi connectivity index (χ2v) is 5.46. The van der Waals surface area contributed by atoms with Gasteiger partial charge in [0.25, 0.3) is 0 Å². The highest BCUT2D eigenvalue weighted by atomic mass is 35.5. The summed E-state index contributed by atoms with van der Waals surface area (Å²) in [5, 5.41) is 6.13. The SMILES string of the molecule is COc1cc(NC(=O)Nc2cc(Cl)ccc2Cl)cc(OC)c1OC. The van der Waals surface area contributed by atoms with Crippen molar-refractivity contribution >= 4 is 40.6 Å². The van der Waals surface area contributed by atoms with Crippen LogP contribution in [0.1, 0.15) is 0 Å². The fourth-order valence-electron chi connectivity index (χ4n) is 2.03. The number of nitrogens with one attached hydrogen (secondary N) is 2. The number of urea groups is 1. The third-order valence-electron chi connectivity index (χ3n) is 3.10. The Hall–Kier alpha value is -2.31. The number of hydrogen-bond donors (Lipinski definition) is 2. The molecule has 2 amide bonds. The number of halogens is 2. The minimum atomic E-state index is -0.492. The molecule has 0 spiro atoms. The van der Waals surface area contributed by atoms with E-state index in [1.165, 1.54) is 21.3 Å². The summed E-state index contributed by atoms with van der Waals surface area (Å²) in [6.07, 6.45) is 0. The maximum absolute atomic E-state index is 12.2. The van der Waals surface area contributed by atoms with Crippen molar-refractivity contribution < 1.29 is 19.0 Å². The average Bonchev–Trinajstić information content (AvgIpc) is 2.57. The Balaban J connectivity index is 2.21. The van der Waals surface area contributed by atoms with E-state index in [-0.39, 0.29) is 0 Å². The zero-order valence-electron chi connectivity index (χ0n) is 13.3. The molecule has 24 heavy (non-hydrogen) atoms. The molecule has 0 heterocycles. The first kappa shape index (κ1) is 18.0. The second-order valence-electron chi connectivity index (χ2n) is 4.62. The van der Waals surface area contributed by atoms with Crippen LogP contribution in [0.15, 0.2) is 30.3 Å². The number of anilines is 2. The normalized spacial score (nSPS) is 10.0. The molecule has 0 saturated carbocycles. The van der Waals surface area contributed by atoms with E-state index in [9.17, 15) is 4.79 Å². The van der Waals surface area contributed by atoms with Crippen LogP contribution in [0.25, 0.3) is 0 Å². The molecule has 0 aliphatic heterocycles. The van der Waals surface area contributed by atoms with E-state index in [0.717, 1.165) is 0 Å². The number of methoxy groups -OCH3 is 3. The Morgan fingerprint density at radius 1 is 0.917 bits per heavy atom. The molecule has 0 aromatic heterocycles. The van der Waals surface area contributed by atoms with Gasteiger partial charge in [-0.25, -0.2) is 4.79 Å². The maximum Gasteiger partial charge on any atom is 0.323 e. The van der Waals surface area contributed by atoms with Crippen molar-refractivity contribution in [3.8, 4) is 17.2 Å². The molecule has 0 saturated heterocycles. The summed E-state index contributed by atoms with van der Waals surface area (Å²) in [5.74, 6) is 1.28. The number of amides is 2. The predicted molar refractivity (Wildman–Crippen MR) is 95.2 cm³/mol. The van der Waals surface area contributed by atoms with Crippen molar-refractivity contribution in [1.29, 1.82) is 0 Å².